The minimum absolute atomic E-state index is 0.0215. The van der Waals surface area contributed by atoms with Gasteiger partial charge >= 0.3 is 0 Å². The monoisotopic (exact) mass is 434 g/mol. The standard InChI is InChI=1S/C28H50O3/c1-2-3-4-5-6-7-8-9-10-11-12-13-14-15-16-20-23-31-28(24-29)26-30-25-27-21-18-17-19-22-27/h17-19,21-22,28-29H,2-16,20,23-26H2,1H3/t28-/m0/s1. The Balaban J connectivity index is 1.79. The average Bonchev–Trinajstić information content (AvgIpc) is 2.80. The molecule has 3 nitrogen and oxygen atoms in total. The minimum Gasteiger partial charge on any atom is -0.394 e. The highest BCUT2D eigenvalue weighted by atomic mass is 16.5. The summed E-state index contributed by atoms with van der Waals surface area (Å²) in [4.78, 5) is 0. The fourth-order valence-electron chi connectivity index (χ4n) is 3.94. The lowest BCUT2D eigenvalue weighted by molar-refractivity contribution is -0.0473. The van der Waals surface area contributed by atoms with Crippen molar-refractivity contribution in [2.45, 2.75) is 122 Å². The summed E-state index contributed by atoms with van der Waals surface area (Å²) in [6, 6.07) is 10.1. The Labute approximate surface area is 192 Å². The maximum atomic E-state index is 9.45. The molecule has 31 heavy (non-hydrogen) atoms. The molecule has 1 rings (SSSR count). The van der Waals surface area contributed by atoms with Crippen LogP contribution in [0.15, 0.2) is 30.3 Å². The van der Waals surface area contributed by atoms with E-state index < -0.39 is 0 Å². The summed E-state index contributed by atoms with van der Waals surface area (Å²) in [5.74, 6) is 0. The van der Waals surface area contributed by atoms with Crippen LogP contribution in [0.25, 0.3) is 0 Å². The number of unbranched alkanes of at least 4 members (excludes halogenated alkanes) is 15. The molecular weight excluding hydrogens is 384 g/mol. The Hall–Kier alpha value is -0.900. The Bertz CT molecular complexity index is 463. The van der Waals surface area contributed by atoms with Crippen LogP contribution in [0.4, 0.5) is 0 Å². The zero-order valence-corrected chi connectivity index (χ0v) is 20.4. The topological polar surface area (TPSA) is 38.7 Å². The molecule has 1 aromatic carbocycles. The molecule has 1 aromatic rings. The smallest absolute Gasteiger partial charge is 0.104 e. The zero-order valence-electron chi connectivity index (χ0n) is 20.4. The van der Waals surface area contributed by atoms with Crippen LogP contribution in [0, 0.1) is 0 Å². The Morgan fingerprint density at radius 1 is 0.677 bits per heavy atom. The van der Waals surface area contributed by atoms with Gasteiger partial charge in [-0.25, -0.2) is 0 Å². The second kappa shape index (κ2) is 22.3. The predicted molar refractivity (Wildman–Crippen MR) is 132 cm³/mol. The van der Waals surface area contributed by atoms with Crippen LogP contribution in [-0.2, 0) is 16.1 Å². The van der Waals surface area contributed by atoms with Crippen LogP contribution >= 0.6 is 0 Å². The summed E-state index contributed by atoms with van der Waals surface area (Å²) in [5, 5.41) is 9.45. The van der Waals surface area contributed by atoms with E-state index in [2.05, 4.69) is 6.92 Å². The van der Waals surface area contributed by atoms with E-state index in [0.29, 0.717) is 13.2 Å². The number of rotatable bonds is 23. The van der Waals surface area contributed by atoms with Crippen molar-refractivity contribution >= 4 is 0 Å². The van der Waals surface area contributed by atoms with Crippen molar-refractivity contribution in [2.24, 2.45) is 0 Å². The normalized spacial score (nSPS) is 12.3. The first-order valence-electron chi connectivity index (χ1n) is 13.2. The van der Waals surface area contributed by atoms with Crippen LogP contribution < -0.4 is 0 Å². The van der Waals surface area contributed by atoms with Crippen molar-refractivity contribution in [3.63, 3.8) is 0 Å². The van der Waals surface area contributed by atoms with Crippen molar-refractivity contribution in [2.75, 3.05) is 19.8 Å². The summed E-state index contributed by atoms with van der Waals surface area (Å²) >= 11 is 0. The molecule has 0 saturated carbocycles. The van der Waals surface area contributed by atoms with Crippen molar-refractivity contribution < 1.29 is 14.6 Å². The van der Waals surface area contributed by atoms with Crippen LogP contribution in [0.1, 0.15) is 115 Å². The van der Waals surface area contributed by atoms with Gasteiger partial charge in [-0.3, -0.25) is 0 Å². The third-order valence-electron chi connectivity index (χ3n) is 5.97. The first-order valence-corrected chi connectivity index (χ1v) is 13.2. The molecule has 3 heteroatoms. The molecule has 0 fully saturated rings. The van der Waals surface area contributed by atoms with E-state index in [1.807, 2.05) is 30.3 Å². The van der Waals surface area contributed by atoms with E-state index in [1.54, 1.807) is 0 Å². The van der Waals surface area contributed by atoms with Crippen molar-refractivity contribution in [1.29, 1.82) is 0 Å². The van der Waals surface area contributed by atoms with E-state index in [1.165, 1.54) is 96.3 Å². The maximum Gasteiger partial charge on any atom is 0.104 e. The highest BCUT2D eigenvalue weighted by molar-refractivity contribution is 5.13. The molecule has 0 aliphatic carbocycles. The lowest BCUT2D eigenvalue weighted by Crippen LogP contribution is -2.24. The van der Waals surface area contributed by atoms with Crippen molar-refractivity contribution in [1.82, 2.24) is 0 Å². The zero-order chi connectivity index (χ0) is 22.2. The van der Waals surface area contributed by atoms with Crippen LogP contribution in [-0.4, -0.2) is 31.0 Å². The molecule has 0 bridgehead atoms. The Morgan fingerprint density at radius 3 is 1.65 bits per heavy atom. The molecule has 0 heterocycles. The predicted octanol–water partition coefficient (Wildman–Crippen LogP) is 7.84. The van der Waals surface area contributed by atoms with Crippen molar-refractivity contribution in [3.8, 4) is 0 Å². The first kappa shape index (κ1) is 28.1. The van der Waals surface area contributed by atoms with E-state index in [0.717, 1.165) is 18.6 Å². The number of benzene rings is 1. The number of hydrogen-bond acceptors (Lipinski definition) is 3. The molecule has 1 N–H and O–H groups in total. The lowest BCUT2D eigenvalue weighted by Gasteiger charge is -2.15. The summed E-state index contributed by atoms with van der Waals surface area (Å²) in [6.07, 6.45) is 21.8. The highest BCUT2D eigenvalue weighted by Gasteiger charge is 2.08. The third-order valence-corrected chi connectivity index (χ3v) is 5.97. The second-order valence-electron chi connectivity index (χ2n) is 8.98. The van der Waals surface area contributed by atoms with Gasteiger partial charge in [-0.1, -0.05) is 134 Å². The lowest BCUT2D eigenvalue weighted by atomic mass is 10.0. The maximum absolute atomic E-state index is 9.45. The van der Waals surface area contributed by atoms with Gasteiger partial charge in [-0.2, -0.15) is 0 Å². The van der Waals surface area contributed by atoms with Gasteiger partial charge in [0.05, 0.1) is 19.8 Å². The van der Waals surface area contributed by atoms with Gasteiger partial charge in [0, 0.05) is 6.61 Å². The average molecular weight is 435 g/mol. The second-order valence-corrected chi connectivity index (χ2v) is 8.98. The van der Waals surface area contributed by atoms with Gasteiger partial charge < -0.3 is 14.6 Å². The van der Waals surface area contributed by atoms with Gasteiger partial charge in [0.2, 0.25) is 0 Å². The molecule has 0 aliphatic heterocycles. The van der Waals surface area contributed by atoms with Crippen LogP contribution in [0.2, 0.25) is 0 Å². The fraction of sp³-hybridized carbons (Fsp3) is 0.786. The summed E-state index contributed by atoms with van der Waals surface area (Å²) in [7, 11) is 0. The summed E-state index contributed by atoms with van der Waals surface area (Å²) < 4.78 is 11.4. The van der Waals surface area contributed by atoms with Gasteiger partial charge in [0.25, 0.3) is 0 Å². The third kappa shape index (κ3) is 18.4. The molecule has 0 aromatic heterocycles. The number of aliphatic hydroxyl groups is 1. The summed E-state index contributed by atoms with van der Waals surface area (Å²) in [6.45, 7) is 4.05. The quantitative estimate of drug-likeness (QED) is 0.178. The molecule has 0 spiro atoms. The largest absolute Gasteiger partial charge is 0.394 e. The van der Waals surface area contributed by atoms with Gasteiger partial charge in [-0.05, 0) is 12.0 Å². The minimum atomic E-state index is -0.208. The van der Waals surface area contributed by atoms with E-state index in [9.17, 15) is 5.11 Å². The van der Waals surface area contributed by atoms with Crippen LogP contribution in [0.3, 0.4) is 0 Å². The van der Waals surface area contributed by atoms with E-state index in [4.69, 9.17) is 9.47 Å². The number of aliphatic hydroxyl groups excluding tert-OH is 1. The molecule has 0 aliphatic rings. The molecule has 0 unspecified atom stereocenters. The van der Waals surface area contributed by atoms with Crippen LogP contribution in [0.5, 0.6) is 0 Å². The molecule has 180 valence electrons. The molecular formula is C28H50O3. The highest BCUT2D eigenvalue weighted by Crippen LogP contribution is 2.14. The molecule has 1 atom stereocenters. The fourth-order valence-corrected chi connectivity index (χ4v) is 3.94. The van der Waals surface area contributed by atoms with Gasteiger partial charge in [0.1, 0.15) is 6.10 Å². The molecule has 0 saturated heterocycles. The Kier molecular flexibility index (Phi) is 20.2. The number of hydrogen-bond donors (Lipinski definition) is 1. The SMILES string of the molecule is CCCCCCCCCCCCCCCCCCO[C@@H](CO)COCc1ccccc1. The molecule has 0 radical (unpaired) electrons. The summed E-state index contributed by atoms with van der Waals surface area (Å²) in [5.41, 5.74) is 1.15. The van der Waals surface area contributed by atoms with Gasteiger partial charge in [0.15, 0.2) is 0 Å². The van der Waals surface area contributed by atoms with Crippen molar-refractivity contribution in [3.05, 3.63) is 35.9 Å². The van der Waals surface area contributed by atoms with E-state index in [-0.39, 0.29) is 12.7 Å². The molecule has 0 amide bonds. The number of ether oxygens (including phenoxy) is 2. The van der Waals surface area contributed by atoms with Gasteiger partial charge in [-0.15, -0.1) is 0 Å². The van der Waals surface area contributed by atoms with E-state index >= 15 is 0 Å². The first-order chi connectivity index (χ1) is 15.4. The Morgan fingerprint density at radius 2 is 1.16 bits per heavy atom.